The van der Waals surface area contributed by atoms with Gasteiger partial charge in [-0.05, 0) is 73.8 Å². The molecule has 0 saturated heterocycles. The van der Waals surface area contributed by atoms with Crippen LogP contribution in [0.3, 0.4) is 0 Å². The maximum absolute atomic E-state index is 6.86. The summed E-state index contributed by atoms with van der Waals surface area (Å²) in [4.78, 5) is 10.4. The second-order valence-electron chi connectivity index (χ2n) is 12.9. The van der Waals surface area contributed by atoms with Gasteiger partial charge in [-0.15, -0.1) is 0 Å². The summed E-state index contributed by atoms with van der Waals surface area (Å²) in [5.74, 6) is 0.701. The van der Waals surface area contributed by atoms with Gasteiger partial charge >= 0.3 is 0 Å². The number of allylic oxidation sites excluding steroid dienone is 1. The van der Waals surface area contributed by atoms with Crippen LogP contribution in [0.25, 0.3) is 71.1 Å². The average molecular weight is 639 g/mol. The SMILES string of the molecule is C1=C(c2ccc3c(c2)oc2c(-c4ccc5ccccc5c4)c4ccccc4cc23)N=C(c2ccccc2)N=C(c2ccc3ccccc3c2)C1. The van der Waals surface area contributed by atoms with Crippen LogP contribution in [0.15, 0.2) is 184 Å². The molecule has 50 heavy (non-hydrogen) atoms. The van der Waals surface area contributed by atoms with Crippen LogP contribution >= 0.6 is 0 Å². The first kappa shape index (κ1) is 28.4. The Hall–Kier alpha value is -6.58. The third-order valence-corrected chi connectivity index (χ3v) is 9.89. The van der Waals surface area contributed by atoms with Crippen molar-refractivity contribution in [1.29, 1.82) is 0 Å². The molecule has 9 aromatic rings. The second kappa shape index (κ2) is 11.5. The van der Waals surface area contributed by atoms with Crippen molar-refractivity contribution in [2.75, 3.05) is 0 Å². The summed E-state index contributed by atoms with van der Waals surface area (Å²) in [5, 5.41) is 9.42. The van der Waals surface area contributed by atoms with Crippen LogP contribution in [-0.4, -0.2) is 11.5 Å². The molecule has 0 fully saturated rings. The third kappa shape index (κ3) is 4.83. The van der Waals surface area contributed by atoms with Gasteiger partial charge < -0.3 is 4.42 Å². The van der Waals surface area contributed by atoms with Crippen LogP contribution in [0.1, 0.15) is 23.1 Å². The van der Waals surface area contributed by atoms with Crippen LogP contribution in [0, 0.1) is 0 Å². The average Bonchev–Trinajstić information content (AvgIpc) is 3.38. The quantitative estimate of drug-likeness (QED) is 0.189. The molecule has 1 aromatic heterocycles. The van der Waals surface area contributed by atoms with Crippen LogP contribution in [0.4, 0.5) is 0 Å². The summed E-state index contributed by atoms with van der Waals surface area (Å²) >= 11 is 0. The lowest BCUT2D eigenvalue weighted by Crippen LogP contribution is -2.05. The molecular formula is C47H30N2O. The number of benzene rings is 8. The van der Waals surface area contributed by atoms with Crippen molar-refractivity contribution in [1.82, 2.24) is 0 Å². The zero-order valence-electron chi connectivity index (χ0n) is 27.2. The number of aliphatic imine (C=N–C) groups is 2. The Morgan fingerprint density at radius 1 is 0.420 bits per heavy atom. The van der Waals surface area contributed by atoms with E-state index in [1.165, 1.54) is 32.3 Å². The molecule has 0 saturated carbocycles. The molecule has 0 radical (unpaired) electrons. The van der Waals surface area contributed by atoms with Gasteiger partial charge in [0.2, 0.25) is 0 Å². The van der Waals surface area contributed by atoms with Crippen molar-refractivity contribution in [3.8, 4) is 11.1 Å². The Morgan fingerprint density at radius 3 is 1.84 bits per heavy atom. The highest BCUT2D eigenvalue weighted by Gasteiger charge is 2.19. The van der Waals surface area contributed by atoms with Crippen molar-refractivity contribution in [3.63, 3.8) is 0 Å². The highest BCUT2D eigenvalue weighted by atomic mass is 16.3. The van der Waals surface area contributed by atoms with Gasteiger partial charge in [-0.25, -0.2) is 9.98 Å². The fourth-order valence-electron chi connectivity index (χ4n) is 7.37. The van der Waals surface area contributed by atoms with E-state index in [9.17, 15) is 0 Å². The van der Waals surface area contributed by atoms with E-state index in [1.54, 1.807) is 0 Å². The van der Waals surface area contributed by atoms with Gasteiger partial charge in [0, 0.05) is 33.9 Å². The monoisotopic (exact) mass is 638 g/mol. The van der Waals surface area contributed by atoms with Crippen molar-refractivity contribution in [3.05, 3.63) is 187 Å². The normalized spacial score (nSPS) is 13.5. The lowest BCUT2D eigenvalue weighted by atomic mass is 9.93. The number of rotatable bonds is 4. The molecule has 0 spiro atoms. The van der Waals surface area contributed by atoms with E-state index in [4.69, 9.17) is 14.4 Å². The summed E-state index contributed by atoms with van der Waals surface area (Å²) in [6.07, 6.45) is 2.85. The van der Waals surface area contributed by atoms with E-state index in [0.29, 0.717) is 12.3 Å². The maximum Gasteiger partial charge on any atom is 0.160 e. The highest BCUT2D eigenvalue weighted by molar-refractivity contribution is 6.19. The first-order valence-corrected chi connectivity index (χ1v) is 17.0. The molecule has 0 N–H and O–H groups in total. The largest absolute Gasteiger partial charge is 0.455 e. The van der Waals surface area contributed by atoms with E-state index in [2.05, 4.69) is 152 Å². The van der Waals surface area contributed by atoms with Crippen LogP contribution in [0.2, 0.25) is 0 Å². The predicted octanol–water partition coefficient (Wildman–Crippen LogP) is 12.4. The molecule has 2 heterocycles. The summed E-state index contributed by atoms with van der Waals surface area (Å²) < 4.78 is 6.86. The minimum absolute atomic E-state index is 0.656. The van der Waals surface area contributed by atoms with Gasteiger partial charge in [-0.3, -0.25) is 0 Å². The van der Waals surface area contributed by atoms with Crippen LogP contribution in [0.5, 0.6) is 0 Å². The van der Waals surface area contributed by atoms with Gasteiger partial charge in [0.25, 0.3) is 0 Å². The number of hydrogen-bond acceptors (Lipinski definition) is 3. The lowest BCUT2D eigenvalue weighted by molar-refractivity contribution is 0.670. The number of hydrogen-bond donors (Lipinski definition) is 0. The van der Waals surface area contributed by atoms with Gasteiger partial charge in [0.1, 0.15) is 11.2 Å². The molecule has 0 unspecified atom stereocenters. The molecule has 3 nitrogen and oxygen atoms in total. The fraction of sp³-hybridized carbons (Fsp3) is 0.0213. The molecule has 234 valence electrons. The number of amidine groups is 1. The van der Waals surface area contributed by atoms with E-state index in [-0.39, 0.29) is 0 Å². The Bertz CT molecular complexity index is 2890. The molecule has 0 amide bonds. The molecule has 1 aliphatic heterocycles. The molecule has 0 bridgehead atoms. The molecule has 1 aliphatic rings. The smallest absolute Gasteiger partial charge is 0.160 e. The van der Waals surface area contributed by atoms with E-state index < -0.39 is 0 Å². The Kier molecular flexibility index (Phi) is 6.56. The van der Waals surface area contributed by atoms with E-state index in [1.807, 2.05) is 18.2 Å². The summed E-state index contributed by atoms with van der Waals surface area (Å²) in [6, 6.07) is 57.8. The minimum atomic E-state index is 0.656. The number of furan rings is 1. The van der Waals surface area contributed by atoms with Crippen LogP contribution < -0.4 is 0 Å². The van der Waals surface area contributed by atoms with Gasteiger partial charge in [0.05, 0.1) is 11.4 Å². The molecule has 10 rings (SSSR count). The Morgan fingerprint density at radius 2 is 1.06 bits per heavy atom. The number of nitrogens with zero attached hydrogens (tertiary/aromatic N) is 2. The first-order chi connectivity index (χ1) is 24.7. The van der Waals surface area contributed by atoms with Crippen molar-refractivity contribution in [2.24, 2.45) is 9.98 Å². The fourth-order valence-corrected chi connectivity index (χ4v) is 7.37. The molecular weight excluding hydrogens is 609 g/mol. The zero-order valence-corrected chi connectivity index (χ0v) is 27.2. The van der Waals surface area contributed by atoms with Gasteiger partial charge in [0.15, 0.2) is 5.84 Å². The first-order valence-electron chi connectivity index (χ1n) is 17.0. The Balaban J connectivity index is 1.13. The number of fused-ring (bicyclic) bond motifs is 6. The van der Waals surface area contributed by atoms with Gasteiger partial charge in [-0.1, -0.05) is 140 Å². The van der Waals surface area contributed by atoms with Gasteiger partial charge in [-0.2, -0.15) is 0 Å². The van der Waals surface area contributed by atoms with E-state index >= 15 is 0 Å². The predicted molar refractivity (Wildman–Crippen MR) is 210 cm³/mol. The van der Waals surface area contributed by atoms with Crippen molar-refractivity contribution >= 4 is 71.5 Å². The zero-order chi connectivity index (χ0) is 33.0. The summed E-state index contributed by atoms with van der Waals surface area (Å²) in [5.41, 5.74) is 8.96. The highest BCUT2D eigenvalue weighted by Crippen LogP contribution is 2.42. The Labute approximate surface area is 289 Å². The topological polar surface area (TPSA) is 37.9 Å². The summed E-state index contributed by atoms with van der Waals surface area (Å²) in [6.45, 7) is 0. The molecule has 0 aliphatic carbocycles. The van der Waals surface area contributed by atoms with Crippen LogP contribution in [-0.2, 0) is 0 Å². The minimum Gasteiger partial charge on any atom is -0.455 e. The lowest BCUT2D eigenvalue weighted by Gasteiger charge is -2.10. The summed E-state index contributed by atoms with van der Waals surface area (Å²) in [7, 11) is 0. The molecule has 3 heteroatoms. The molecule has 0 atom stereocenters. The maximum atomic E-state index is 6.86. The second-order valence-corrected chi connectivity index (χ2v) is 12.9. The van der Waals surface area contributed by atoms with Crippen molar-refractivity contribution in [2.45, 2.75) is 6.42 Å². The third-order valence-electron chi connectivity index (χ3n) is 9.89. The molecule has 8 aromatic carbocycles. The van der Waals surface area contributed by atoms with Crippen molar-refractivity contribution < 1.29 is 4.42 Å². The van der Waals surface area contributed by atoms with E-state index in [0.717, 1.165) is 61.2 Å². The standard InChI is InChI=1S/C47H30N2O/c1-2-12-32(13-3-1)47-48-42(36-20-18-30-10-4-6-14-33(30)26-36)24-25-43(49-47)37-22-23-40-41-28-35-16-8-9-17-39(35)45(46(41)50-44(40)29-37)38-21-19-31-11-5-7-15-34(31)27-38/h1-23,25-29H,24H2.